The second-order valence-electron chi connectivity index (χ2n) is 11.2. The summed E-state index contributed by atoms with van der Waals surface area (Å²) in [6.07, 6.45) is 3.25. The number of hydrogen-bond donors (Lipinski definition) is 2. The minimum atomic E-state index is -0.721. The Labute approximate surface area is 271 Å². The fourth-order valence-electron chi connectivity index (χ4n) is 5.27. The predicted octanol–water partition coefficient (Wildman–Crippen LogP) is 5.54. The normalized spacial score (nSPS) is 14.1. The highest BCUT2D eigenvalue weighted by Crippen LogP contribution is 2.24. The topological polar surface area (TPSA) is 102 Å². The van der Waals surface area contributed by atoms with Gasteiger partial charge in [0.15, 0.2) is 5.78 Å². The van der Waals surface area contributed by atoms with Crippen molar-refractivity contribution in [2.75, 3.05) is 38.0 Å². The number of carbonyl (C=O) groups is 3. The van der Waals surface area contributed by atoms with Crippen LogP contribution in [-0.4, -0.2) is 72.6 Å². The average molecular weight is 638 g/mol. The summed E-state index contributed by atoms with van der Waals surface area (Å²) in [5.41, 5.74) is 8.79. The molecule has 0 unspecified atom stereocenters. The third kappa shape index (κ3) is 10.9. The van der Waals surface area contributed by atoms with Crippen molar-refractivity contribution in [1.82, 2.24) is 10.2 Å². The molecule has 9 heteroatoms. The van der Waals surface area contributed by atoms with Crippen LogP contribution in [0.3, 0.4) is 0 Å². The number of nitrogens with one attached hydrogen (secondary N) is 1. The Morgan fingerprint density at radius 2 is 1.70 bits per heavy atom. The largest absolute Gasteiger partial charge is 0.467 e. The van der Waals surface area contributed by atoms with Crippen LogP contribution >= 0.6 is 23.5 Å². The number of esters is 1. The first-order valence-electron chi connectivity index (χ1n) is 15.2. The molecule has 44 heavy (non-hydrogen) atoms. The number of carbonyl (C=O) groups excluding carboxylic acids is 3. The number of fused-ring (bicyclic) bond motifs is 1. The Morgan fingerprint density at radius 1 is 1.00 bits per heavy atom. The van der Waals surface area contributed by atoms with Gasteiger partial charge in [-0.1, -0.05) is 93.1 Å². The maximum atomic E-state index is 13.9. The van der Waals surface area contributed by atoms with E-state index in [-0.39, 0.29) is 30.1 Å². The Balaban J connectivity index is 1.81. The molecule has 0 fully saturated rings. The van der Waals surface area contributed by atoms with Crippen LogP contribution in [0.5, 0.6) is 0 Å². The van der Waals surface area contributed by atoms with Crippen LogP contribution in [0.1, 0.15) is 37.8 Å². The number of nitrogens with two attached hydrogens (primary N) is 1. The molecule has 238 valence electrons. The molecule has 7 nitrogen and oxygen atoms in total. The molecule has 0 heterocycles. The number of methoxy groups -OCH3 is 1. The lowest BCUT2D eigenvalue weighted by molar-refractivity contribution is -0.145. The third-order valence-electron chi connectivity index (χ3n) is 8.00. The maximum Gasteiger partial charge on any atom is 0.328 e. The Kier molecular flexibility index (Phi) is 15.3. The standard InChI is InChI=1S/C35H47N3O4S2/c1-5-25(2)30(34(40)31(36)24-44-23-26-12-7-6-8-13-26)21-38(20-28-16-11-15-27-14-9-10-17-29(27)28)22-33(39)37-32(18-19-43-4)35(41)42-3/h6-17,25,30-32H,5,18-24,36H2,1-4H3,(H,37,39)/t25-,30+,31-,32-/m0/s1. The Hall–Kier alpha value is -2.85. The minimum absolute atomic E-state index is 0.0237. The van der Waals surface area contributed by atoms with Gasteiger partial charge in [0.2, 0.25) is 5.91 Å². The van der Waals surface area contributed by atoms with E-state index in [9.17, 15) is 14.4 Å². The van der Waals surface area contributed by atoms with E-state index >= 15 is 0 Å². The van der Waals surface area contributed by atoms with E-state index in [1.165, 1.54) is 12.7 Å². The van der Waals surface area contributed by atoms with Crippen LogP contribution in [0, 0.1) is 11.8 Å². The smallest absolute Gasteiger partial charge is 0.328 e. The number of benzene rings is 3. The lowest BCUT2D eigenvalue weighted by atomic mass is 9.85. The van der Waals surface area contributed by atoms with E-state index in [1.807, 2.05) is 47.6 Å². The molecular formula is C35H47N3O4S2. The van der Waals surface area contributed by atoms with Crippen molar-refractivity contribution in [3.8, 4) is 0 Å². The van der Waals surface area contributed by atoms with Crippen molar-refractivity contribution in [2.24, 2.45) is 17.6 Å². The predicted molar refractivity (Wildman–Crippen MR) is 185 cm³/mol. The van der Waals surface area contributed by atoms with E-state index in [0.29, 0.717) is 31.0 Å². The van der Waals surface area contributed by atoms with Crippen molar-refractivity contribution in [3.63, 3.8) is 0 Å². The second kappa shape index (κ2) is 18.8. The molecule has 0 aliphatic heterocycles. The van der Waals surface area contributed by atoms with Crippen molar-refractivity contribution in [2.45, 2.75) is 51.1 Å². The van der Waals surface area contributed by atoms with Crippen molar-refractivity contribution >= 4 is 52.0 Å². The average Bonchev–Trinajstić information content (AvgIpc) is 3.04. The van der Waals surface area contributed by atoms with Crippen LogP contribution in [-0.2, 0) is 31.4 Å². The summed E-state index contributed by atoms with van der Waals surface area (Å²) in [7, 11) is 1.33. The van der Waals surface area contributed by atoms with Crippen molar-refractivity contribution < 1.29 is 19.1 Å². The first kappa shape index (κ1) is 35.6. The fourth-order valence-corrected chi connectivity index (χ4v) is 6.71. The summed E-state index contributed by atoms with van der Waals surface area (Å²) < 4.78 is 4.95. The van der Waals surface area contributed by atoms with Gasteiger partial charge < -0.3 is 15.8 Å². The second-order valence-corrected chi connectivity index (χ2v) is 13.3. The zero-order valence-electron chi connectivity index (χ0n) is 26.4. The van der Waals surface area contributed by atoms with Gasteiger partial charge in [-0.05, 0) is 46.2 Å². The number of ketones is 1. The molecule has 0 aliphatic rings. The first-order chi connectivity index (χ1) is 21.3. The molecule has 0 radical (unpaired) electrons. The zero-order valence-corrected chi connectivity index (χ0v) is 28.0. The molecule has 0 aromatic heterocycles. The number of hydrogen-bond acceptors (Lipinski definition) is 8. The Bertz CT molecular complexity index is 1330. The molecule has 4 atom stereocenters. The van der Waals surface area contributed by atoms with E-state index in [2.05, 4.69) is 55.6 Å². The molecule has 1 amide bonds. The quantitative estimate of drug-likeness (QED) is 0.165. The molecular weight excluding hydrogens is 591 g/mol. The van der Waals surface area contributed by atoms with Crippen LogP contribution < -0.4 is 11.1 Å². The van der Waals surface area contributed by atoms with Gasteiger partial charge in [0.1, 0.15) is 6.04 Å². The molecule has 0 saturated heterocycles. The van der Waals surface area contributed by atoms with Crippen LogP contribution in [0.25, 0.3) is 10.8 Å². The minimum Gasteiger partial charge on any atom is -0.467 e. The molecule has 0 bridgehead atoms. The molecule has 3 rings (SSSR count). The van der Waals surface area contributed by atoms with E-state index in [4.69, 9.17) is 10.5 Å². The van der Waals surface area contributed by atoms with E-state index in [1.54, 1.807) is 23.5 Å². The van der Waals surface area contributed by atoms with Crippen LogP contribution in [0.2, 0.25) is 0 Å². The molecule has 3 aromatic rings. The molecule has 0 saturated carbocycles. The highest BCUT2D eigenvalue weighted by atomic mass is 32.2. The zero-order chi connectivity index (χ0) is 31.9. The van der Waals surface area contributed by atoms with Gasteiger partial charge in [0.25, 0.3) is 0 Å². The number of nitrogens with zero attached hydrogens (tertiary/aromatic N) is 1. The lowest BCUT2D eigenvalue weighted by Gasteiger charge is -2.31. The van der Waals surface area contributed by atoms with Gasteiger partial charge in [0, 0.05) is 30.5 Å². The number of rotatable bonds is 19. The summed E-state index contributed by atoms with van der Waals surface area (Å²) >= 11 is 3.27. The van der Waals surface area contributed by atoms with E-state index in [0.717, 1.165) is 28.5 Å². The van der Waals surface area contributed by atoms with Gasteiger partial charge in [-0.25, -0.2) is 4.79 Å². The molecule has 3 N–H and O–H groups in total. The number of thioether (sulfide) groups is 2. The van der Waals surface area contributed by atoms with Crippen LogP contribution in [0.4, 0.5) is 0 Å². The summed E-state index contributed by atoms with van der Waals surface area (Å²) in [6.45, 7) is 5.05. The number of amides is 1. The SMILES string of the molecule is CC[C@H](C)[C@@H](CN(CC(=O)N[C@@H](CCSC)C(=O)OC)Cc1cccc2ccccc12)C(=O)[C@@H](N)CSCc1ccccc1. The van der Waals surface area contributed by atoms with Gasteiger partial charge >= 0.3 is 5.97 Å². The molecule has 3 aromatic carbocycles. The maximum absolute atomic E-state index is 13.9. The number of ether oxygens (including phenoxy) is 1. The van der Waals surface area contributed by atoms with Gasteiger partial charge in [-0.2, -0.15) is 23.5 Å². The molecule has 0 aliphatic carbocycles. The first-order valence-corrected chi connectivity index (χ1v) is 17.8. The highest BCUT2D eigenvalue weighted by molar-refractivity contribution is 7.98. The van der Waals surface area contributed by atoms with Crippen LogP contribution in [0.15, 0.2) is 72.8 Å². The van der Waals surface area contributed by atoms with Gasteiger partial charge in [-0.15, -0.1) is 0 Å². The van der Waals surface area contributed by atoms with E-state index < -0.39 is 18.1 Å². The van der Waals surface area contributed by atoms with Crippen molar-refractivity contribution in [3.05, 3.63) is 83.9 Å². The summed E-state index contributed by atoms with van der Waals surface area (Å²) in [5, 5.41) is 5.11. The Morgan fingerprint density at radius 3 is 2.41 bits per heavy atom. The highest BCUT2D eigenvalue weighted by Gasteiger charge is 2.31. The number of Topliss-reactive ketones (excluding diaryl/α,β-unsaturated/α-hetero) is 1. The van der Waals surface area contributed by atoms with Gasteiger partial charge in [-0.3, -0.25) is 14.5 Å². The summed E-state index contributed by atoms with van der Waals surface area (Å²) in [5.74, 6) is 1.06. The third-order valence-corrected chi connectivity index (χ3v) is 9.77. The monoisotopic (exact) mass is 637 g/mol. The lowest BCUT2D eigenvalue weighted by Crippen LogP contribution is -2.49. The summed E-state index contributed by atoms with van der Waals surface area (Å²) in [4.78, 5) is 41.7. The fraction of sp³-hybridized carbons (Fsp3) is 0.457. The van der Waals surface area contributed by atoms with Crippen molar-refractivity contribution in [1.29, 1.82) is 0 Å². The summed E-state index contributed by atoms with van der Waals surface area (Å²) in [6, 6.07) is 23.1. The van der Waals surface area contributed by atoms with Gasteiger partial charge in [0.05, 0.1) is 19.7 Å². The molecule has 0 spiro atoms.